The number of thiazole rings is 1. The number of aryl methyl sites for hydroxylation is 1. The molecule has 1 saturated heterocycles. The second-order valence-electron chi connectivity index (χ2n) is 8.48. The minimum Gasteiger partial charge on any atom is -0.466 e. The first-order chi connectivity index (χ1) is 17.9. The number of rotatable bonds is 11. The van der Waals surface area contributed by atoms with Crippen molar-refractivity contribution in [3.8, 4) is 10.6 Å². The summed E-state index contributed by atoms with van der Waals surface area (Å²) in [6, 6.07) is 9.47. The minimum atomic E-state index is -0.469. The van der Waals surface area contributed by atoms with Crippen molar-refractivity contribution < 1.29 is 28.7 Å². The first-order valence-corrected chi connectivity index (χ1v) is 13.4. The normalized spacial score (nSPS) is 13.2. The summed E-state index contributed by atoms with van der Waals surface area (Å²) in [4.78, 5) is 58.1. The molecule has 1 aliphatic rings. The summed E-state index contributed by atoms with van der Waals surface area (Å²) in [5, 5.41) is 3.34. The number of unbranched alkanes of at least 4 members (excludes halogenated alkanes) is 1. The van der Waals surface area contributed by atoms with Gasteiger partial charge in [-0.3, -0.25) is 14.4 Å². The molecule has 0 spiro atoms. The van der Waals surface area contributed by atoms with Crippen LogP contribution in [0.2, 0.25) is 0 Å². The van der Waals surface area contributed by atoms with Gasteiger partial charge >= 0.3 is 12.1 Å². The van der Waals surface area contributed by atoms with Gasteiger partial charge in [0.15, 0.2) is 0 Å². The van der Waals surface area contributed by atoms with E-state index in [0.29, 0.717) is 55.7 Å². The molecule has 1 N–H and O–H groups in total. The van der Waals surface area contributed by atoms with Gasteiger partial charge in [0, 0.05) is 36.6 Å². The zero-order chi connectivity index (χ0) is 26.6. The number of nitrogens with zero attached hydrogens (tertiary/aromatic N) is 3. The number of hydrogen-bond acceptors (Lipinski definition) is 8. The lowest BCUT2D eigenvalue weighted by molar-refractivity contribution is -0.143. The molecule has 2 heterocycles. The summed E-state index contributed by atoms with van der Waals surface area (Å²) in [5.41, 5.74) is 1.08. The fraction of sp³-hybridized carbons (Fsp3) is 0.500. The Balaban J connectivity index is 1.57. The molecule has 11 heteroatoms. The highest BCUT2D eigenvalue weighted by atomic mass is 32.1. The third-order valence-electron chi connectivity index (χ3n) is 5.81. The molecule has 0 aliphatic carbocycles. The van der Waals surface area contributed by atoms with Crippen LogP contribution in [0.4, 0.5) is 4.79 Å². The number of ether oxygens (including phenoxy) is 2. The maximum atomic E-state index is 13.0. The van der Waals surface area contributed by atoms with Crippen molar-refractivity contribution >= 4 is 35.2 Å². The van der Waals surface area contributed by atoms with Crippen LogP contribution in [0.1, 0.15) is 48.5 Å². The van der Waals surface area contributed by atoms with Gasteiger partial charge in [-0.15, -0.1) is 11.3 Å². The second kappa shape index (κ2) is 14.3. The summed E-state index contributed by atoms with van der Waals surface area (Å²) in [6.45, 7) is 5.78. The molecule has 1 fully saturated rings. The molecule has 0 atom stereocenters. The largest absolute Gasteiger partial charge is 0.466 e. The summed E-state index contributed by atoms with van der Waals surface area (Å²) >= 11 is 1.35. The van der Waals surface area contributed by atoms with Crippen LogP contribution in [-0.4, -0.2) is 84.6 Å². The number of carbonyl (C=O) groups is 4. The molecule has 10 nitrogen and oxygen atoms in total. The van der Waals surface area contributed by atoms with Crippen LogP contribution in [0, 0.1) is 0 Å². The van der Waals surface area contributed by atoms with Gasteiger partial charge in [-0.1, -0.05) is 43.7 Å². The van der Waals surface area contributed by atoms with Crippen LogP contribution >= 0.6 is 11.3 Å². The third kappa shape index (κ3) is 8.28. The fourth-order valence-corrected chi connectivity index (χ4v) is 4.80. The van der Waals surface area contributed by atoms with E-state index in [9.17, 15) is 19.2 Å². The molecule has 200 valence electrons. The van der Waals surface area contributed by atoms with Crippen molar-refractivity contribution in [2.75, 3.05) is 45.9 Å². The standard InChI is InChI=1S/C26H34N4O6S/c1-3-5-17-36-26(34)30-15-13-29(14-16-30)21(31)18-27-24(33)23-20(11-12-22(32)35-4-2)37-25(28-23)19-9-7-6-8-10-19/h6-10H,3-5,11-18H2,1-2H3,(H,27,33). The van der Waals surface area contributed by atoms with Gasteiger partial charge in [0.1, 0.15) is 10.7 Å². The Morgan fingerprint density at radius 3 is 2.38 bits per heavy atom. The monoisotopic (exact) mass is 530 g/mol. The van der Waals surface area contributed by atoms with Gasteiger partial charge in [-0.25, -0.2) is 9.78 Å². The van der Waals surface area contributed by atoms with Crippen molar-refractivity contribution in [2.24, 2.45) is 0 Å². The third-order valence-corrected chi connectivity index (χ3v) is 6.97. The highest BCUT2D eigenvalue weighted by Crippen LogP contribution is 2.29. The predicted octanol–water partition coefficient (Wildman–Crippen LogP) is 3.12. The Labute approximate surface area is 220 Å². The first-order valence-electron chi connectivity index (χ1n) is 12.6. The van der Waals surface area contributed by atoms with Gasteiger partial charge in [0.2, 0.25) is 5.91 Å². The summed E-state index contributed by atoms with van der Waals surface area (Å²) in [5.74, 6) is -1.05. The van der Waals surface area contributed by atoms with Crippen molar-refractivity contribution in [1.29, 1.82) is 0 Å². The summed E-state index contributed by atoms with van der Waals surface area (Å²) in [7, 11) is 0. The van der Waals surface area contributed by atoms with E-state index >= 15 is 0 Å². The molecule has 3 amide bonds. The lowest BCUT2D eigenvalue weighted by Crippen LogP contribution is -2.52. The molecule has 37 heavy (non-hydrogen) atoms. The van der Waals surface area contributed by atoms with Crippen molar-refractivity contribution in [1.82, 2.24) is 20.1 Å². The number of nitrogens with one attached hydrogen (secondary N) is 1. The molecular formula is C26H34N4O6S. The van der Waals surface area contributed by atoms with Crippen molar-refractivity contribution in [2.45, 2.75) is 39.5 Å². The van der Waals surface area contributed by atoms with E-state index in [2.05, 4.69) is 10.3 Å². The summed E-state index contributed by atoms with van der Waals surface area (Å²) in [6.07, 6.45) is 1.86. The topological polar surface area (TPSA) is 118 Å². The van der Waals surface area contributed by atoms with Gasteiger partial charge in [-0.2, -0.15) is 0 Å². The molecule has 1 aromatic heterocycles. The maximum absolute atomic E-state index is 13.0. The molecule has 0 unspecified atom stereocenters. The van der Waals surface area contributed by atoms with E-state index in [0.717, 1.165) is 18.4 Å². The first kappa shape index (κ1) is 28.1. The number of hydrogen-bond donors (Lipinski definition) is 1. The van der Waals surface area contributed by atoms with E-state index in [4.69, 9.17) is 9.47 Å². The smallest absolute Gasteiger partial charge is 0.409 e. The van der Waals surface area contributed by atoms with E-state index in [1.807, 2.05) is 37.3 Å². The van der Waals surface area contributed by atoms with Crippen LogP contribution in [0.3, 0.4) is 0 Å². The second-order valence-corrected chi connectivity index (χ2v) is 9.56. The summed E-state index contributed by atoms with van der Waals surface area (Å²) < 4.78 is 10.2. The van der Waals surface area contributed by atoms with Crippen molar-refractivity contribution in [3.63, 3.8) is 0 Å². The van der Waals surface area contributed by atoms with Crippen LogP contribution in [-0.2, 0) is 25.5 Å². The van der Waals surface area contributed by atoms with Gasteiger partial charge < -0.3 is 24.6 Å². The molecule has 1 aliphatic heterocycles. The molecule has 1 aromatic carbocycles. The van der Waals surface area contributed by atoms with Crippen LogP contribution < -0.4 is 5.32 Å². The highest BCUT2D eigenvalue weighted by molar-refractivity contribution is 7.15. The van der Waals surface area contributed by atoms with E-state index in [1.54, 1.807) is 16.7 Å². The average Bonchev–Trinajstić information content (AvgIpc) is 3.36. The zero-order valence-corrected chi connectivity index (χ0v) is 22.2. The number of aromatic nitrogens is 1. The molecule has 3 rings (SSSR count). The average molecular weight is 531 g/mol. The number of benzene rings is 1. The lowest BCUT2D eigenvalue weighted by Gasteiger charge is -2.34. The Morgan fingerprint density at radius 1 is 1.00 bits per heavy atom. The van der Waals surface area contributed by atoms with Gasteiger partial charge in [0.25, 0.3) is 5.91 Å². The van der Waals surface area contributed by atoms with E-state index < -0.39 is 5.91 Å². The van der Waals surface area contributed by atoms with Gasteiger partial charge in [0.05, 0.1) is 26.2 Å². The molecule has 2 aromatic rings. The Morgan fingerprint density at radius 2 is 1.70 bits per heavy atom. The van der Waals surface area contributed by atoms with E-state index in [-0.39, 0.29) is 36.6 Å². The number of piperazine rings is 1. The minimum absolute atomic E-state index is 0.134. The number of carbonyl (C=O) groups excluding carboxylic acids is 4. The molecule has 0 saturated carbocycles. The van der Waals surface area contributed by atoms with Crippen molar-refractivity contribution in [3.05, 3.63) is 40.9 Å². The lowest BCUT2D eigenvalue weighted by atomic mass is 10.2. The van der Waals surface area contributed by atoms with Crippen LogP contribution in [0.15, 0.2) is 30.3 Å². The van der Waals surface area contributed by atoms with Crippen LogP contribution in [0.25, 0.3) is 10.6 Å². The fourth-order valence-electron chi connectivity index (χ4n) is 3.74. The maximum Gasteiger partial charge on any atom is 0.409 e. The Hall–Kier alpha value is -3.47. The zero-order valence-electron chi connectivity index (χ0n) is 21.4. The van der Waals surface area contributed by atoms with E-state index in [1.165, 1.54) is 11.3 Å². The number of esters is 1. The Bertz CT molecular complexity index is 1070. The SMILES string of the molecule is CCCCOC(=O)N1CCN(C(=O)CNC(=O)c2nc(-c3ccccc3)sc2CCC(=O)OCC)CC1. The number of amides is 3. The molecular weight excluding hydrogens is 496 g/mol. The molecule has 0 radical (unpaired) electrons. The van der Waals surface area contributed by atoms with Crippen LogP contribution in [0.5, 0.6) is 0 Å². The van der Waals surface area contributed by atoms with Gasteiger partial charge in [-0.05, 0) is 19.8 Å². The Kier molecular flexibility index (Phi) is 10.9. The quantitative estimate of drug-likeness (QED) is 0.350. The highest BCUT2D eigenvalue weighted by Gasteiger charge is 2.26. The predicted molar refractivity (Wildman–Crippen MR) is 139 cm³/mol. The molecule has 0 bridgehead atoms.